The topological polar surface area (TPSA) is 72.2 Å². The van der Waals surface area contributed by atoms with Crippen LogP contribution in [0.3, 0.4) is 0 Å². The molecule has 0 spiro atoms. The van der Waals surface area contributed by atoms with Gasteiger partial charge in [-0.1, -0.05) is 11.6 Å². The van der Waals surface area contributed by atoms with E-state index in [2.05, 4.69) is 5.32 Å². The van der Waals surface area contributed by atoms with Gasteiger partial charge >= 0.3 is 0 Å². The van der Waals surface area contributed by atoms with Crippen LogP contribution in [0.5, 0.6) is 0 Å². The molecular weight excluding hydrogens is 220 g/mol. The first-order valence-corrected chi connectivity index (χ1v) is 4.55. The Kier molecular flexibility index (Phi) is 3.76. The van der Waals surface area contributed by atoms with Crippen molar-refractivity contribution >= 4 is 23.1 Å². The van der Waals surface area contributed by atoms with Gasteiger partial charge in [0.15, 0.2) is 5.78 Å². The van der Waals surface area contributed by atoms with E-state index in [1.807, 2.05) is 0 Å². The van der Waals surface area contributed by atoms with E-state index in [4.69, 9.17) is 11.6 Å². The summed E-state index contributed by atoms with van der Waals surface area (Å²) in [6.07, 6.45) is 0. The van der Waals surface area contributed by atoms with Gasteiger partial charge in [-0.2, -0.15) is 0 Å². The summed E-state index contributed by atoms with van der Waals surface area (Å²) in [6, 6.07) is 3.92. The minimum absolute atomic E-state index is 0.0260. The van der Waals surface area contributed by atoms with Crippen LogP contribution < -0.4 is 5.32 Å². The summed E-state index contributed by atoms with van der Waals surface area (Å²) in [5.74, 6) is -0.158. The first kappa shape index (κ1) is 11.6. The van der Waals surface area contributed by atoms with Crippen molar-refractivity contribution in [2.75, 3.05) is 13.6 Å². The minimum Gasteiger partial charge on any atom is -0.313 e. The minimum atomic E-state index is -0.589. The Labute approximate surface area is 91.2 Å². The van der Waals surface area contributed by atoms with E-state index in [1.54, 1.807) is 7.05 Å². The molecule has 0 heterocycles. The monoisotopic (exact) mass is 228 g/mol. The molecule has 1 N–H and O–H groups in total. The smallest absolute Gasteiger partial charge is 0.287 e. The maximum Gasteiger partial charge on any atom is 0.287 e. The van der Waals surface area contributed by atoms with Gasteiger partial charge in [-0.15, -0.1) is 0 Å². The van der Waals surface area contributed by atoms with Crippen LogP contribution in [0.2, 0.25) is 5.02 Å². The molecule has 1 aromatic rings. The van der Waals surface area contributed by atoms with Gasteiger partial charge in [0.25, 0.3) is 5.69 Å². The number of benzene rings is 1. The molecule has 0 bridgehead atoms. The Morgan fingerprint density at radius 3 is 2.73 bits per heavy atom. The van der Waals surface area contributed by atoms with E-state index >= 15 is 0 Å². The van der Waals surface area contributed by atoms with Gasteiger partial charge in [0.2, 0.25) is 0 Å². The molecule has 80 valence electrons. The molecule has 0 saturated carbocycles. The van der Waals surface area contributed by atoms with Gasteiger partial charge in [0.05, 0.1) is 11.5 Å². The Hall–Kier alpha value is -1.46. The number of halogens is 1. The normalized spacial score (nSPS) is 10.0. The Morgan fingerprint density at radius 2 is 2.27 bits per heavy atom. The fraction of sp³-hybridized carbons (Fsp3) is 0.222. The van der Waals surface area contributed by atoms with Gasteiger partial charge in [-0.25, -0.2) is 0 Å². The second kappa shape index (κ2) is 4.86. The van der Waals surface area contributed by atoms with Crippen LogP contribution in [0.1, 0.15) is 10.4 Å². The first-order chi connectivity index (χ1) is 7.06. The van der Waals surface area contributed by atoms with Crippen molar-refractivity contribution in [2.24, 2.45) is 0 Å². The van der Waals surface area contributed by atoms with Crippen molar-refractivity contribution in [3.05, 3.63) is 38.9 Å². The highest BCUT2D eigenvalue weighted by Gasteiger charge is 2.14. The molecule has 1 rings (SSSR count). The first-order valence-electron chi connectivity index (χ1n) is 4.18. The number of nitrogens with zero attached hydrogens (tertiary/aromatic N) is 1. The predicted molar refractivity (Wildman–Crippen MR) is 56.4 cm³/mol. The Morgan fingerprint density at radius 1 is 1.60 bits per heavy atom. The highest BCUT2D eigenvalue weighted by Crippen LogP contribution is 2.24. The van der Waals surface area contributed by atoms with Gasteiger partial charge in [0.1, 0.15) is 5.02 Å². The number of carbonyl (C=O) groups excluding carboxylic acids is 1. The number of hydrogen-bond donors (Lipinski definition) is 1. The average Bonchev–Trinajstić information content (AvgIpc) is 2.17. The van der Waals surface area contributed by atoms with Crippen LogP contribution >= 0.6 is 11.6 Å². The second-order valence-electron chi connectivity index (χ2n) is 2.88. The fourth-order valence-electron chi connectivity index (χ4n) is 1.09. The van der Waals surface area contributed by atoms with E-state index in [0.717, 1.165) is 0 Å². The molecule has 0 fully saturated rings. The molecule has 0 atom stereocenters. The number of hydrogen-bond acceptors (Lipinski definition) is 4. The Bertz CT molecular complexity index is 406. The van der Waals surface area contributed by atoms with E-state index in [1.165, 1.54) is 18.2 Å². The molecule has 1 aromatic carbocycles. The summed E-state index contributed by atoms with van der Waals surface area (Å²) in [5, 5.41) is 13.1. The van der Waals surface area contributed by atoms with Crippen molar-refractivity contribution in [3.63, 3.8) is 0 Å². The van der Waals surface area contributed by atoms with E-state index < -0.39 is 4.92 Å². The number of nitrogens with one attached hydrogen (secondary N) is 1. The zero-order chi connectivity index (χ0) is 11.4. The van der Waals surface area contributed by atoms with Crippen LogP contribution in [0, 0.1) is 10.1 Å². The number of carbonyl (C=O) groups is 1. The number of likely N-dealkylation sites (N-methyl/N-ethyl adjacent to an activating group) is 1. The quantitative estimate of drug-likeness (QED) is 0.483. The SMILES string of the molecule is CNCC(=O)c1ccc([N+](=O)[O-])c(Cl)c1. The maximum absolute atomic E-state index is 11.4. The number of nitro groups is 1. The second-order valence-corrected chi connectivity index (χ2v) is 3.28. The van der Waals surface area contributed by atoms with Crippen LogP contribution in [0.15, 0.2) is 18.2 Å². The fourth-order valence-corrected chi connectivity index (χ4v) is 1.34. The number of Topliss-reactive ketones (excluding diaryl/α,β-unsaturated/α-hetero) is 1. The van der Waals surface area contributed by atoms with E-state index in [9.17, 15) is 14.9 Å². The molecule has 0 aliphatic carbocycles. The lowest BCUT2D eigenvalue weighted by molar-refractivity contribution is -0.384. The molecule has 0 saturated heterocycles. The van der Waals surface area contributed by atoms with Crippen molar-refractivity contribution in [1.29, 1.82) is 0 Å². The maximum atomic E-state index is 11.4. The molecule has 0 radical (unpaired) electrons. The lowest BCUT2D eigenvalue weighted by atomic mass is 10.1. The molecule has 5 nitrogen and oxygen atoms in total. The molecular formula is C9H9ClN2O3. The lowest BCUT2D eigenvalue weighted by Crippen LogP contribution is -2.18. The standard InChI is InChI=1S/C9H9ClN2O3/c1-11-5-9(13)6-2-3-8(12(14)15)7(10)4-6/h2-4,11H,5H2,1H3. The van der Waals surface area contributed by atoms with Gasteiger partial charge in [-0.3, -0.25) is 14.9 Å². The number of nitro benzene ring substituents is 1. The van der Waals surface area contributed by atoms with Crippen LogP contribution in [-0.4, -0.2) is 24.3 Å². The average molecular weight is 229 g/mol. The molecule has 6 heteroatoms. The highest BCUT2D eigenvalue weighted by molar-refractivity contribution is 6.33. The summed E-state index contributed by atoms with van der Waals surface area (Å²) in [5.41, 5.74) is 0.164. The van der Waals surface area contributed by atoms with Gasteiger partial charge in [0, 0.05) is 11.6 Å². The lowest BCUT2D eigenvalue weighted by Gasteiger charge is -2.01. The molecule has 0 aliphatic heterocycles. The summed E-state index contributed by atoms with van der Waals surface area (Å²) < 4.78 is 0. The third-order valence-electron chi connectivity index (χ3n) is 1.80. The summed E-state index contributed by atoms with van der Waals surface area (Å²) in [4.78, 5) is 21.3. The van der Waals surface area contributed by atoms with Crippen LogP contribution in [-0.2, 0) is 0 Å². The number of rotatable bonds is 4. The third-order valence-corrected chi connectivity index (χ3v) is 2.11. The number of ketones is 1. The van der Waals surface area contributed by atoms with Gasteiger partial charge < -0.3 is 5.32 Å². The third kappa shape index (κ3) is 2.74. The molecule has 0 unspecified atom stereocenters. The predicted octanol–water partition coefficient (Wildman–Crippen LogP) is 1.65. The zero-order valence-corrected chi connectivity index (χ0v) is 8.75. The summed E-state index contributed by atoms with van der Waals surface area (Å²) in [7, 11) is 1.64. The van der Waals surface area contributed by atoms with Crippen LogP contribution in [0.4, 0.5) is 5.69 Å². The molecule has 15 heavy (non-hydrogen) atoms. The molecule has 0 aliphatic rings. The largest absolute Gasteiger partial charge is 0.313 e. The summed E-state index contributed by atoms with van der Waals surface area (Å²) in [6.45, 7) is 0.175. The molecule has 0 aromatic heterocycles. The van der Waals surface area contributed by atoms with Crippen LogP contribution in [0.25, 0.3) is 0 Å². The van der Waals surface area contributed by atoms with E-state index in [0.29, 0.717) is 5.56 Å². The van der Waals surface area contributed by atoms with Crippen molar-refractivity contribution in [1.82, 2.24) is 5.32 Å². The van der Waals surface area contributed by atoms with Crippen molar-refractivity contribution in [3.8, 4) is 0 Å². The zero-order valence-electron chi connectivity index (χ0n) is 7.99. The van der Waals surface area contributed by atoms with Gasteiger partial charge in [-0.05, 0) is 19.2 Å². The van der Waals surface area contributed by atoms with E-state index in [-0.39, 0.29) is 23.0 Å². The summed E-state index contributed by atoms with van der Waals surface area (Å²) >= 11 is 5.65. The van der Waals surface area contributed by atoms with Crippen molar-refractivity contribution in [2.45, 2.75) is 0 Å². The Balaban J connectivity index is 3.01. The highest BCUT2D eigenvalue weighted by atomic mass is 35.5. The molecule has 0 amide bonds. The van der Waals surface area contributed by atoms with Crippen molar-refractivity contribution < 1.29 is 9.72 Å².